The Bertz CT molecular complexity index is 317. The van der Waals surface area contributed by atoms with E-state index in [2.05, 4.69) is 5.32 Å². The van der Waals surface area contributed by atoms with Crippen LogP contribution >= 0.6 is 0 Å². The molecule has 0 heterocycles. The number of carbonyl (C=O) groups is 1. The van der Waals surface area contributed by atoms with Crippen molar-refractivity contribution in [3.05, 3.63) is 29.8 Å². The van der Waals surface area contributed by atoms with Crippen LogP contribution in [-0.2, 0) is 11.2 Å². The van der Waals surface area contributed by atoms with Gasteiger partial charge in [-0.1, -0.05) is 12.1 Å². The summed E-state index contributed by atoms with van der Waals surface area (Å²) in [5.41, 5.74) is 7.77. The molecule has 1 aromatic carbocycles. The average molecular weight is 206 g/mol. The van der Waals surface area contributed by atoms with Gasteiger partial charge >= 0.3 is 0 Å². The lowest BCUT2D eigenvalue weighted by molar-refractivity contribution is -0.114. The number of hydrogen-bond acceptors (Lipinski definition) is 2. The highest BCUT2D eigenvalue weighted by Gasteiger charge is 1.98. The number of hydrogen-bond donors (Lipinski definition) is 2. The molecule has 0 aliphatic heterocycles. The Balaban J connectivity index is 2.52. The van der Waals surface area contributed by atoms with Gasteiger partial charge in [-0.2, -0.15) is 0 Å². The lowest BCUT2D eigenvalue weighted by atomic mass is 10.1. The summed E-state index contributed by atoms with van der Waals surface area (Å²) in [7, 11) is 0. The van der Waals surface area contributed by atoms with Gasteiger partial charge in [0.25, 0.3) is 0 Å². The molecule has 0 radical (unpaired) electrons. The molecule has 3 heteroatoms. The van der Waals surface area contributed by atoms with E-state index in [0.717, 1.165) is 18.5 Å². The van der Waals surface area contributed by atoms with Crippen LogP contribution in [0, 0.1) is 0 Å². The molecule has 1 aromatic rings. The Morgan fingerprint density at radius 3 is 2.47 bits per heavy atom. The fourth-order valence-electron chi connectivity index (χ4n) is 1.35. The smallest absolute Gasteiger partial charge is 0.221 e. The highest BCUT2D eigenvalue weighted by atomic mass is 16.1. The molecule has 0 spiro atoms. The van der Waals surface area contributed by atoms with E-state index >= 15 is 0 Å². The first-order chi connectivity index (χ1) is 7.08. The molecule has 0 aliphatic carbocycles. The van der Waals surface area contributed by atoms with Crippen LogP contribution in [0.25, 0.3) is 0 Å². The second-order valence-electron chi connectivity index (χ2n) is 3.89. The molecule has 82 valence electrons. The van der Waals surface area contributed by atoms with Gasteiger partial charge in [-0.3, -0.25) is 4.79 Å². The second-order valence-corrected chi connectivity index (χ2v) is 3.89. The van der Waals surface area contributed by atoms with Crippen LogP contribution in [-0.4, -0.2) is 11.9 Å². The molecule has 3 nitrogen and oxygen atoms in total. The Kier molecular flexibility index (Phi) is 4.31. The summed E-state index contributed by atoms with van der Waals surface area (Å²) < 4.78 is 0. The first kappa shape index (κ1) is 11.7. The molecular formula is C12H18N2O. The monoisotopic (exact) mass is 206 g/mol. The summed E-state index contributed by atoms with van der Waals surface area (Å²) in [6, 6.07) is 8.11. The standard InChI is InChI=1S/C12H18N2O/c1-9(13)3-4-11-5-7-12(8-6-11)14-10(2)15/h5-9H,3-4,13H2,1-2H3,(H,14,15)/t9-/m0/s1. The molecule has 0 saturated carbocycles. The van der Waals surface area contributed by atoms with Gasteiger partial charge in [0.05, 0.1) is 0 Å². The fraction of sp³-hybridized carbons (Fsp3) is 0.417. The maximum absolute atomic E-state index is 10.8. The molecule has 1 atom stereocenters. The molecule has 0 aromatic heterocycles. The molecule has 1 rings (SSSR count). The first-order valence-electron chi connectivity index (χ1n) is 5.20. The summed E-state index contributed by atoms with van der Waals surface area (Å²) in [6.07, 6.45) is 1.97. The van der Waals surface area contributed by atoms with E-state index in [4.69, 9.17) is 5.73 Å². The van der Waals surface area contributed by atoms with E-state index in [-0.39, 0.29) is 11.9 Å². The number of anilines is 1. The van der Waals surface area contributed by atoms with Crippen molar-refractivity contribution in [1.82, 2.24) is 0 Å². The SMILES string of the molecule is CC(=O)Nc1ccc(CC[C@H](C)N)cc1. The molecule has 0 unspecified atom stereocenters. The largest absolute Gasteiger partial charge is 0.328 e. The molecule has 0 aliphatic rings. The van der Waals surface area contributed by atoms with Gasteiger partial charge in [0.1, 0.15) is 0 Å². The van der Waals surface area contributed by atoms with Gasteiger partial charge in [0.2, 0.25) is 5.91 Å². The first-order valence-corrected chi connectivity index (χ1v) is 5.20. The van der Waals surface area contributed by atoms with Gasteiger partial charge in [0, 0.05) is 18.7 Å². The van der Waals surface area contributed by atoms with Crippen molar-refractivity contribution in [2.24, 2.45) is 5.73 Å². The average Bonchev–Trinajstić information content (AvgIpc) is 2.16. The lowest BCUT2D eigenvalue weighted by Gasteiger charge is -2.06. The van der Waals surface area contributed by atoms with Crippen LogP contribution in [0.2, 0.25) is 0 Å². The molecule has 3 N–H and O–H groups in total. The zero-order valence-corrected chi connectivity index (χ0v) is 9.29. The topological polar surface area (TPSA) is 55.1 Å². The quantitative estimate of drug-likeness (QED) is 0.790. The van der Waals surface area contributed by atoms with E-state index < -0.39 is 0 Å². The number of nitrogens with two attached hydrogens (primary N) is 1. The van der Waals surface area contributed by atoms with Gasteiger partial charge < -0.3 is 11.1 Å². The zero-order chi connectivity index (χ0) is 11.3. The van der Waals surface area contributed by atoms with E-state index in [9.17, 15) is 4.79 Å². The van der Waals surface area contributed by atoms with Crippen molar-refractivity contribution in [2.45, 2.75) is 32.7 Å². The van der Waals surface area contributed by atoms with E-state index in [0.29, 0.717) is 0 Å². The molecule has 0 fully saturated rings. The Morgan fingerprint density at radius 2 is 2.00 bits per heavy atom. The van der Waals surface area contributed by atoms with Crippen LogP contribution in [0.1, 0.15) is 25.8 Å². The number of nitrogens with one attached hydrogen (secondary N) is 1. The van der Waals surface area contributed by atoms with Gasteiger partial charge in [0.15, 0.2) is 0 Å². The second kappa shape index (κ2) is 5.51. The number of carbonyl (C=O) groups excluding carboxylic acids is 1. The fourth-order valence-corrected chi connectivity index (χ4v) is 1.35. The third-order valence-electron chi connectivity index (χ3n) is 2.16. The molecule has 0 saturated heterocycles. The summed E-state index contributed by atoms with van der Waals surface area (Å²) >= 11 is 0. The van der Waals surface area contributed by atoms with Gasteiger partial charge in [-0.05, 0) is 37.5 Å². The highest BCUT2D eigenvalue weighted by molar-refractivity contribution is 5.88. The van der Waals surface area contributed by atoms with E-state index in [1.165, 1.54) is 12.5 Å². The predicted octanol–water partition coefficient (Wildman–Crippen LogP) is 1.92. The number of benzene rings is 1. The van der Waals surface area contributed by atoms with E-state index in [1.807, 2.05) is 31.2 Å². The van der Waals surface area contributed by atoms with Crippen molar-refractivity contribution < 1.29 is 4.79 Å². The zero-order valence-electron chi connectivity index (χ0n) is 9.29. The molecule has 0 bridgehead atoms. The summed E-state index contributed by atoms with van der Waals surface area (Å²) in [5, 5.41) is 2.73. The molecule has 15 heavy (non-hydrogen) atoms. The number of amides is 1. The van der Waals surface area contributed by atoms with E-state index in [1.54, 1.807) is 0 Å². The third-order valence-corrected chi connectivity index (χ3v) is 2.16. The third kappa shape index (κ3) is 4.61. The Labute approximate surface area is 90.7 Å². The van der Waals surface area contributed by atoms with Crippen molar-refractivity contribution in [3.63, 3.8) is 0 Å². The summed E-state index contributed by atoms with van der Waals surface area (Å²) in [4.78, 5) is 10.8. The summed E-state index contributed by atoms with van der Waals surface area (Å²) in [5.74, 6) is -0.0432. The van der Waals surface area contributed by atoms with Crippen molar-refractivity contribution in [3.8, 4) is 0 Å². The predicted molar refractivity (Wildman–Crippen MR) is 62.7 cm³/mol. The van der Waals surface area contributed by atoms with Crippen LogP contribution in [0.15, 0.2) is 24.3 Å². The molecular weight excluding hydrogens is 188 g/mol. The number of aryl methyl sites for hydroxylation is 1. The van der Waals surface area contributed by atoms with Crippen LogP contribution in [0.4, 0.5) is 5.69 Å². The highest BCUT2D eigenvalue weighted by Crippen LogP contribution is 2.11. The Morgan fingerprint density at radius 1 is 1.40 bits per heavy atom. The minimum absolute atomic E-state index is 0.0432. The minimum atomic E-state index is -0.0432. The lowest BCUT2D eigenvalue weighted by Crippen LogP contribution is -2.15. The van der Waals surface area contributed by atoms with Crippen molar-refractivity contribution >= 4 is 11.6 Å². The van der Waals surface area contributed by atoms with Gasteiger partial charge in [-0.15, -0.1) is 0 Å². The normalized spacial score (nSPS) is 12.2. The van der Waals surface area contributed by atoms with Crippen molar-refractivity contribution in [1.29, 1.82) is 0 Å². The Hall–Kier alpha value is -1.35. The van der Waals surface area contributed by atoms with Gasteiger partial charge in [-0.25, -0.2) is 0 Å². The van der Waals surface area contributed by atoms with Crippen LogP contribution < -0.4 is 11.1 Å². The van der Waals surface area contributed by atoms with Crippen LogP contribution in [0.3, 0.4) is 0 Å². The molecule has 1 amide bonds. The number of rotatable bonds is 4. The summed E-state index contributed by atoms with van der Waals surface area (Å²) in [6.45, 7) is 3.51. The maximum Gasteiger partial charge on any atom is 0.221 e. The van der Waals surface area contributed by atoms with Crippen LogP contribution in [0.5, 0.6) is 0 Å². The minimum Gasteiger partial charge on any atom is -0.328 e. The maximum atomic E-state index is 10.8. The van der Waals surface area contributed by atoms with Crippen molar-refractivity contribution in [2.75, 3.05) is 5.32 Å².